The van der Waals surface area contributed by atoms with Gasteiger partial charge in [-0.3, -0.25) is 14.4 Å². The maximum atomic E-state index is 12.9. The van der Waals surface area contributed by atoms with Crippen molar-refractivity contribution in [2.24, 2.45) is 0 Å². The molecule has 0 heterocycles. The van der Waals surface area contributed by atoms with Crippen molar-refractivity contribution in [1.29, 1.82) is 0 Å². The molecule has 0 aromatic carbocycles. The molecule has 0 aromatic rings. The highest BCUT2D eigenvalue weighted by molar-refractivity contribution is 5.71. The van der Waals surface area contributed by atoms with Gasteiger partial charge in [-0.15, -0.1) is 0 Å². The van der Waals surface area contributed by atoms with Crippen molar-refractivity contribution in [3.8, 4) is 0 Å². The molecule has 0 aliphatic rings. The lowest BCUT2D eigenvalue weighted by atomic mass is 10.0. The summed E-state index contributed by atoms with van der Waals surface area (Å²) in [7, 11) is 0. The van der Waals surface area contributed by atoms with E-state index in [0.29, 0.717) is 19.3 Å². The molecule has 0 N–H and O–H groups in total. The van der Waals surface area contributed by atoms with E-state index in [1.807, 2.05) is 6.08 Å². The minimum atomic E-state index is -0.806. The Morgan fingerprint density at radius 2 is 0.547 bits per heavy atom. The van der Waals surface area contributed by atoms with Gasteiger partial charge in [0.15, 0.2) is 6.10 Å². The average molecular weight is 1050 g/mol. The maximum Gasteiger partial charge on any atom is 0.306 e. The molecule has 6 nitrogen and oxygen atoms in total. The van der Waals surface area contributed by atoms with Crippen LogP contribution in [0, 0.1) is 0 Å². The van der Waals surface area contributed by atoms with Crippen LogP contribution in [0.1, 0.15) is 329 Å². The van der Waals surface area contributed by atoms with Gasteiger partial charge in [0.05, 0.1) is 0 Å². The summed E-state index contributed by atoms with van der Waals surface area (Å²) in [6, 6.07) is 0. The number of carbonyl (C=O) groups excluding carboxylic acids is 3. The number of allylic oxidation sites excluding steroid dienone is 12. The van der Waals surface area contributed by atoms with Crippen LogP contribution in [0.4, 0.5) is 0 Å². The molecule has 1 atom stereocenters. The molecule has 75 heavy (non-hydrogen) atoms. The molecule has 0 aromatic heterocycles. The highest BCUT2D eigenvalue weighted by Gasteiger charge is 2.19. The van der Waals surface area contributed by atoms with Gasteiger partial charge in [0, 0.05) is 19.3 Å². The van der Waals surface area contributed by atoms with Crippen molar-refractivity contribution in [2.75, 3.05) is 13.2 Å². The van der Waals surface area contributed by atoms with Crippen LogP contribution < -0.4 is 0 Å². The van der Waals surface area contributed by atoms with Crippen LogP contribution in [0.25, 0.3) is 0 Å². The Hall–Kier alpha value is -3.15. The summed E-state index contributed by atoms with van der Waals surface area (Å²) in [6.07, 6.45) is 82.2. The van der Waals surface area contributed by atoms with Crippen LogP contribution in [0.15, 0.2) is 72.9 Å². The van der Waals surface area contributed by atoms with E-state index in [-0.39, 0.29) is 37.5 Å². The lowest BCUT2D eigenvalue weighted by Crippen LogP contribution is -2.30. The third kappa shape index (κ3) is 61.6. The van der Waals surface area contributed by atoms with Gasteiger partial charge in [-0.05, 0) is 96.3 Å². The zero-order valence-corrected chi connectivity index (χ0v) is 49.8. The third-order valence-electron chi connectivity index (χ3n) is 14.2. The van der Waals surface area contributed by atoms with Gasteiger partial charge < -0.3 is 14.2 Å². The highest BCUT2D eigenvalue weighted by atomic mass is 16.6. The first-order valence-corrected chi connectivity index (χ1v) is 32.4. The summed E-state index contributed by atoms with van der Waals surface area (Å²) in [5.41, 5.74) is 0. The first kappa shape index (κ1) is 71.8. The van der Waals surface area contributed by atoms with Gasteiger partial charge in [-0.2, -0.15) is 0 Å². The maximum absolute atomic E-state index is 12.9. The van der Waals surface area contributed by atoms with Gasteiger partial charge in [0.2, 0.25) is 0 Å². The Morgan fingerprint density at radius 3 is 0.893 bits per heavy atom. The number of rotatable bonds is 59. The molecule has 0 radical (unpaired) electrons. The van der Waals surface area contributed by atoms with E-state index >= 15 is 0 Å². The molecular formula is C69H122O6. The van der Waals surface area contributed by atoms with Crippen molar-refractivity contribution in [2.45, 2.75) is 335 Å². The molecule has 0 rings (SSSR count). The first-order chi connectivity index (χ1) is 37.0. The number of carbonyl (C=O) groups is 3. The monoisotopic (exact) mass is 1050 g/mol. The second-order valence-corrected chi connectivity index (χ2v) is 21.6. The summed E-state index contributed by atoms with van der Waals surface area (Å²) in [6.45, 7) is 6.50. The molecular weight excluding hydrogens is 925 g/mol. The van der Waals surface area contributed by atoms with Crippen molar-refractivity contribution in [1.82, 2.24) is 0 Å². The predicted octanol–water partition coefficient (Wildman–Crippen LogP) is 22.1. The van der Waals surface area contributed by atoms with E-state index in [9.17, 15) is 14.4 Å². The largest absolute Gasteiger partial charge is 0.462 e. The Bertz CT molecular complexity index is 1390. The fourth-order valence-corrected chi connectivity index (χ4v) is 9.33. The van der Waals surface area contributed by atoms with Crippen LogP contribution in [0.3, 0.4) is 0 Å². The van der Waals surface area contributed by atoms with Crippen LogP contribution in [-0.4, -0.2) is 37.2 Å². The molecule has 434 valence electrons. The van der Waals surface area contributed by atoms with E-state index in [0.717, 1.165) is 64.2 Å². The summed E-state index contributed by atoms with van der Waals surface area (Å²) >= 11 is 0. The Morgan fingerprint density at radius 1 is 0.280 bits per heavy atom. The molecule has 0 amide bonds. The van der Waals surface area contributed by atoms with Crippen LogP contribution in [-0.2, 0) is 28.6 Å². The smallest absolute Gasteiger partial charge is 0.306 e. The first-order valence-electron chi connectivity index (χ1n) is 32.4. The highest BCUT2D eigenvalue weighted by Crippen LogP contribution is 2.17. The molecule has 0 aliphatic carbocycles. The van der Waals surface area contributed by atoms with Crippen LogP contribution in [0.5, 0.6) is 0 Å². The van der Waals surface area contributed by atoms with Crippen LogP contribution in [0.2, 0.25) is 0 Å². The minimum absolute atomic E-state index is 0.0969. The molecule has 0 aliphatic heterocycles. The van der Waals surface area contributed by atoms with E-state index < -0.39 is 6.10 Å². The standard InChI is InChI=1S/C69H122O6/c1-4-7-10-13-16-19-22-25-27-29-31-33-34-36-37-39-41-44-47-50-53-56-59-62-68(71)74-65-66(64-73-67(70)61-58-55-52-49-46-43-24-21-18-15-12-9-6-3)75-69(72)63-60-57-54-51-48-45-42-40-38-35-32-30-28-26-23-20-17-14-11-8-5-2/h9,12,18,21,29-32,43,46,52,55,66H,4-8,10-11,13-17,19-20,22-28,33-42,44-45,47-51,53-54,56-65H2,1-3H3/b12-9-,21-18-,31-29-,32-30-,46-43-,55-52-. The van der Waals surface area contributed by atoms with Crippen molar-refractivity contribution in [3.05, 3.63) is 72.9 Å². The minimum Gasteiger partial charge on any atom is -0.462 e. The number of esters is 3. The normalized spacial score (nSPS) is 12.5. The summed E-state index contributed by atoms with van der Waals surface area (Å²) < 4.78 is 16.9. The van der Waals surface area contributed by atoms with E-state index in [1.54, 1.807) is 0 Å². The molecule has 0 saturated heterocycles. The van der Waals surface area contributed by atoms with Gasteiger partial charge in [0.25, 0.3) is 0 Å². The average Bonchev–Trinajstić information content (AvgIpc) is 3.41. The summed E-state index contributed by atoms with van der Waals surface area (Å²) in [5, 5.41) is 0. The Balaban J connectivity index is 4.34. The lowest BCUT2D eigenvalue weighted by Gasteiger charge is -2.18. The lowest BCUT2D eigenvalue weighted by molar-refractivity contribution is -0.166. The molecule has 0 bridgehead atoms. The van der Waals surface area contributed by atoms with Crippen molar-refractivity contribution < 1.29 is 28.6 Å². The molecule has 6 heteroatoms. The third-order valence-corrected chi connectivity index (χ3v) is 14.2. The van der Waals surface area contributed by atoms with Gasteiger partial charge in [-0.1, -0.05) is 286 Å². The van der Waals surface area contributed by atoms with Crippen LogP contribution >= 0.6 is 0 Å². The van der Waals surface area contributed by atoms with Gasteiger partial charge in [-0.25, -0.2) is 0 Å². The molecule has 0 spiro atoms. The number of unbranched alkanes of at least 4 members (excludes halogenated alkanes) is 36. The second kappa shape index (κ2) is 63.4. The number of hydrogen-bond acceptors (Lipinski definition) is 6. The van der Waals surface area contributed by atoms with Gasteiger partial charge in [0.1, 0.15) is 13.2 Å². The zero-order chi connectivity index (χ0) is 54.3. The topological polar surface area (TPSA) is 78.9 Å². The molecule has 0 saturated carbocycles. The number of hydrogen-bond donors (Lipinski definition) is 0. The predicted molar refractivity (Wildman–Crippen MR) is 325 cm³/mol. The molecule has 0 fully saturated rings. The van der Waals surface area contributed by atoms with E-state index in [2.05, 4.69) is 87.6 Å². The van der Waals surface area contributed by atoms with E-state index in [1.165, 1.54) is 218 Å². The quantitative estimate of drug-likeness (QED) is 0.0261. The Labute approximate surface area is 465 Å². The fourth-order valence-electron chi connectivity index (χ4n) is 9.33. The number of ether oxygens (including phenoxy) is 3. The van der Waals surface area contributed by atoms with Crippen molar-refractivity contribution in [3.63, 3.8) is 0 Å². The van der Waals surface area contributed by atoms with Crippen molar-refractivity contribution >= 4 is 17.9 Å². The second-order valence-electron chi connectivity index (χ2n) is 21.6. The summed E-state index contributed by atoms with van der Waals surface area (Å²) in [5.74, 6) is -0.971. The fraction of sp³-hybridized carbons (Fsp3) is 0.783. The van der Waals surface area contributed by atoms with E-state index in [4.69, 9.17) is 14.2 Å². The SMILES string of the molecule is CC/C=C\C/C=C\C/C=C\C/C=C\CCC(=O)OCC(COC(=O)CCCCCCCCCCCCC/C=C\CCCCCCCCCC)OC(=O)CCCCCCCCCCC/C=C\CCCCCCCCCC. The summed E-state index contributed by atoms with van der Waals surface area (Å²) in [4.78, 5) is 38.3. The Kier molecular flexibility index (Phi) is 60.7. The van der Waals surface area contributed by atoms with Gasteiger partial charge >= 0.3 is 17.9 Å². The molecule has 1 unspecified atom stereocenters. The zero-order valence-electron chi connectivity index (χ0n) is 49.8.